The van der Waals surface area contributed by atoms with Gasteiger partial charge >= 0.3 is 15.6 Å². The van der Waals surface area contributed by atoms with Gasteiger partial charge in [0.2, 0.25) is 0 Å². The van der Waals surface area contributed by atoms with Gasteiger partial charge in [-0.3, -0.25) is 0 Å². The summed E-state index contributed by atoms with van der Waals surface area (Å²) in [6.45, 7) is 5.70. The Morgan fingerprint density at radius 2 is 1.74 bits per heavy atom. The molecule has 108 valence electrons. The van der Waals surface area contributed by atoms with Crippen LogP contribution >= 0.6 is 22.6 Å². The molecule has 0 bridgehead atoms. The number of hydrogen-bond donors (Lipinski definition) is 0. The first-order valence-electron chi connectivity index (χ1n) is 5.16. The molecule has 0 radical (unpaired) electrons. The molecule has 1 rings (SSSR count). The normalized spacial score (nSPS) is 13.4. The molecule has 0 N–H and O–H groups in total. The van der Waals surface area contributed by atoms with E-state index in [9.17, 15) is 21.6 Å². The summed E-state index contributed by atoms with van der Waals surface area (Å²) in [5.74, 6) is -0.233. The van der Waals surface area contributed by atoms with Crippen LogP contribution in [0.25, 0.3) is 0 Å². The zero-order valence-corrected chi connectivity index (χ0v) is 14.4. The van der Waals surface area contributed by atoms with Crippen molar-refractivity contribution in [1.29, 1.82) is 0 Å². The van der Waals surface area contributed by atoms with Gasteiger partial charge in [0.25, 0.3) is 0 Å². The summed E-state index contributed by atoms with van der Waals surface area (Å²) in [6.07, 6.45) is 0. The molecule has 0 saturated carbocycles. The number of halogens is 4. The standard InChI is InChI=1S/C10H12F3IO3SSi/c1-19(2,3)9-7(14)5-4-6-8(9)17-18(15,16)10(11,12)13/h4-6H,1-3H3. The second-order valence-corrected chi connectivity index (χ2v) is 12.5. The highest BCUT2D eigenvalue weighted by Gasteiger charge is 2.49. The van der Waals surface area contributed by atoms with Crippen LogP contribution in [0.1, 0.15) is 0 Å². The van der Waals surface area contributed by atoms with Crippen molar-refractivity contribution in [3.63, 3.8) is 0 Å². The van der Waals surface area contributed by atoms with Crippen LogP contribution < -0.4 is 9.37 Å². The van der Waals surface area contributed by atoms with E-state index < -0.39 is 23.7 Å². The number of rotatable bonds is 3. The van der Waals surface area contributed by atoms with Gasteiger partial charge in [-0.25, -0.2) is 0 Å². The van der Waals surface area contributed by atoms with Gasteiger partial charge in [-0.2, -0.15) is 21.6 Å². The molecule has 0 saturated heterocycles. The third-order valence-electron chi connectivity index (χ3n) is 2.21. The quantitative estimate of drug-likeness (QED) is 0.324. The van der Waals surface area contributed by atoms with Crippen molar-refractivity contribution in [1.82, 2.24) is 0 Å². The summed E-state index contributed by atoms with van der Waals surface area (Å²) in [4.78, 5) is 0. The molecule has 0 atom stereocenters. The van der Waals surface area contributed by atoms with E-state index in [1.165, 1.54) is 12.1 Å². The lowest BCUT2D eigenvalue weighted by molar-refractivity contribution is -0.0499. The summed E-state index contributed by atoms with van der Waals surface area (Å²) in [6, 6.07) is 4.42. The molecule has 3 nitrogen and oxygen atoms in total. The van der Waals surface area contributed by atoms with E-state index in [4.69, 9.17) is 0 Å². The first kappa shape index (κ1) is 16.8. The smallest absolute Gasteiger partial charge is 0.376 e. The summed E-state index contributed by atoms with van der Waals surface area (Å²) >= 11 is 1.96. The molecular weight excluding hydrogens is 412 g/mol. The lowest BCUT2D eigenvalue weighted by Crippen LogP contribution is -2.42. The van der Waals surface area contributed by atoms with E-state index in [1.807, 2.05) is 42.2 Å². The van der Waals surface area contributed by atoms with E-state index in [0.717, 1.165) is 0 Å². The largest absolute Gasteiger partial charge is 0.534 e. The van der Waals surface area contributed by atoms with Gasteiger partial charge in [-0.05, 0) is 39.9 Å². The van der Waals surface area contributed by atoms with Crippen molar-refractivity contribution < 1.29 is 25.8 Å². The highest BCUT2D eigenvalue weighted by atomic mass is 127. The Morgan fingerprint density at radius 1 is 1.21 bits per heavy atom. The maximum atomic E-state index is 12.3. The highest BCUT2D eigenvalue weighted by Crippen LogP contribution is 2.28. The van der Waals surface area contributed by atoms with E-state index in [2.05, 4.69) is 4.18 Å². The SMILES string of the molecule is C[Si](C)(C)c1c(I)cccc1OS(=O)(=O)C(F)(F)F. The molecule has 0 aliphatic rings. The van der Waals surface area contributed by atoms with Crippen molar-refractivity contribution in [3.8, 4) is 5.75 Å². The van der Waals surface area contributed by atoms with Crippen LogP contribution in [-0.2, 0) is 10.1 Å². The Morgan fingerprint density at radius 3 is 2.16 bits per heavy atom. The second kappa shape index (κ2) is 5.24. The van der Waals surface area contributed by atoms with Crippen LogP contribution in [0.3, 0.4) is 0 Å². The van der Waals surface area contributed by atoms with Crippen LogP contribution in [-0.4, -0.2) is 22.0 Å². The average Bonchev–Trinajstić information content (AvgIpc) is 2.12. The van der Waals surface area contributed by atoms with E-state index in [1.54, 1.807) is 6.07 Å². The Kier molecular flexibility index (Phi) is 4.62. The highest BCUT2D eigenvalue weighted by molar-refractivity contribution is 14.1. The van der Waals surface area contributed by atoms with E-state index in [-0.39, 0.29) is 5.75 Å². The summed E-state index contributed by atoms with van der Waals surface area (Å²) < 4.78 is 64.2. The molecule has 0 spiro atoms. The van der Waals surface area contributed by atoms with Crippen LogP contribution in [0.15, 0.2) is 18.2 Å². The van der Waals surface area contributed by atoms with Crippen LogP contribution in [0.4, 0.5) is 13.2 Å². The lowest BCUT2D eigenvalue weighted by atomic mass is 10.3. The molecular formula is C10H12F3IO3SSi. The van der Waals surface area contributed by atoms with Gasteiger partial charge in [0, 0.05) is 3.57 Å². The molecule has 1 aromatic carbocycles. The minimum Gasteiger partial charge on any atom is -0.376 e. The molecule has 0 heterocycles. The zero-order valence-electron chi connectivity index (χ0n) is 10.4. The third kappa shape index (κ3) is 3.84. The molecule has 0 unspecified atom stereocenters. The van der Waals surface area contributed by atoms with Gasteiger partial charge in [0.1, 0.15) is 5.75 Å². The molecule has 9 heteroatoms. The fourth-order valence-corrected chi connectivity index (χ4v) is 6.58. The maximum absolute atomic E-state index is 12.3. The van der Waals surface area contributed by atoms with E-state index >= 15 is 0 Å². The molecule has 0 amide bonds. The first-order chi connectivity index (χ1) is 8.36. The van der Waals surface area contributed by atoms with Crippen LogP contribution in [0, 0.1) is 3.57 Å². The van der Waals surface area contributed by atoms with Crippen molar-refractivity contribution in [2.75, 3.05) is 0 Å². The van der Waals surface area contributed by atoms with Crippen LogP contribution in [0.5, 0.6) is 5.75 Å². The molecule has 0 aliphatic heterocycles. The third-order valence-corrected chi connectivity index (χ3v) is 6.60. The average molecular weight is 424 g/mol. The minimum atomic E-state index is -5.63. The number of benzene rings is 1. The lowest BCUT2D eigenvalue weighted by Gasteiger charge is -2.22. The molecule has 1 aromatic rings. The number of alkyl halides is 3. The van der Waals surface area contributed by atoms with Gasteiger partial charge in [0.15, 0.2) is 0 Å². The Balaban J connectivity index is 3.36. The first-order valence-corrected chi connectivity index (χ1v) is 11.1. The van der Waals surface area contributed by atoms with Gasteiger partial charge in [-0.15, -0.1) is 0 Å². The fraction of sp³-hybridized carbons (Fsp3) is 0.400. The Hall–Kier alpha value is -0.293. The fourth-order valence-electron chi connectivity index (χ4n) is 1.47. The number of hydrogen-bond acceptors (Lipinski definition) is 3. The Labute approximate surface area is 124 Å². The Bertz CT molecular complexity index is 579. The van der Waals surface area contributed by atoms with Crippen molar-refractivity contribution in [2.45, 2.75) is 25.1 Å². The van der Waals surface area contributed by atoms with Gasteiger partial charge in [0.05, 0.1) is 8.07 Å². The van der Waals surface area contributed by atoms with Crippen molar-refractivity contribution in [3.05, 3.63) is 21.8 Å². The topological polar surface area (TPSA) is 43.4 Å². The van der Waals surface area contributed by atoms with Gasteiger partial charge in [-0.1, -0.05) is 25.7 Å². The molecule has 0 aliphatic carbocycles. The van der Waals surface area contributed by atoms with Crippen molar-refractivity contribution >= 4 is 46.0 Å². The van der Waals surface area contributed by atoms with Gasteiger partial charge < -0.3 is 4.18 Å². The molecule has 19 heavy (non-hydrogen) atoms. The molecule has 0 aromatic heterocycles. The maximum Gasteiger partial charge on any atom is 0.534 e. The second-order valence-electron chi connectivity index (χ2n) is 4.85. The monoisotopic (exact) mass is 424 g/mol. The van der Waals surface area contributed by atoms with E-state index in [0.29, 0.717) is 8.76 Å². The summed E-state index contributed by atoms with van der Waals surface area (Å²) in [5.41, 5.74) is -5.43. The van der Waals surface area contributed by atoms with Crippen LogP contribution in [0.2, 0.25) is 19.6 Å². The predicted molar refractivity (Wildman–Crippen MR) is 77.7 cm³/mol. The summed E-state index contributed by atoms with van der Waals surface area (Å²) in [5, 5.41) is 0.559. The minimum absolute atomic E-state index is 0.233. The van der Waals surface area contributed by atoms with Crippen molar-refractivity contribution in [2.24, 2.45) is 0 Å². The predicted octanol–water partition coefficient (Wildman–Crippen LogP) is 3.06. The zero-order chi connectivity index (χ0) is 15.1. The molecule has 0 fully saturated rings. The summed E-state index contributed by atoms with van der Waals surface area (Å²) in [7, 11) is -7.68.